The summed E-state index contributed by atoms with van der Waals surface area (Å²) in [5.74, 6) is 1.78. The van der Waals surface area contributed by atoms with Gasteiger partial charge in [-0.2, -0.15) is 0 Å². The molecule has 0 aliphatic heterocycles. The van der Waals surface area contributed by atoms with E-state index >= 15 is 0 Å². The normalized spacial score (nSPS) is 9.86. The van der Waals surface area contributed by atoms with Crippen molar-refractivity contribution in [3.8, 4) is 5.75 Å². The van der Waals surface area contributed by atoms with Crippen LogP contribution < -0.4 is 10.1 Å². The highest BCUT2D eigenvalue weighted by atomic mass is 32.2. The number of hydrogen-bond acceptors (Lipinski definition) is 4. The maximum absolute atomic E-state index is 11.1. The highest BCUT2D eigenvalue weighted by molar-refractivity contribution is 7.99. The minimum absolute atomic E-state index is 0.374. The molecular weight excluding hydrogens is 286 g/mol. The van der Waals surface area contributed by atoms with Gasteiger partial charge in [-0.25, -0.2) is 4.79 Å². The first-order valence-electron chi connectivity index (χ1n) is 7.01. The van der Waals surface area contributed by atoms with Gasteiger partial charge in [-0.3, -0.25) is 0 Å². The SMILES string of the molecule is CCOC(=O)NCCOc1ccc(SCC=C(C)C)cc1. The van der Waals surface area contributed by atoms with Crippen LogP contribution in [0.5, 0.6) is 5.75 Å². The Labute approximate surface area is 130 Å². The van der Waals surface area contributed by atoms with E-state index in [0.29, 0.717) is 19.8 Å². The van der Waals surface area contributed by atoms with Gasteiger partial charge in [-0.05, 0) is 45.0 Å². The van der Waals surface area contributed by atoms with Crippen molar-refractivity contribution in [2.45, 2.75) is 25.7 Å². The van der Waals surface area contributed by atoms with Gasteiger partial charge >= 0.3 is 6.09 Å². The number of carbonyl (C=O) groups is 1. The van der Waals surface area contributed by atoms with Gasteiger partial charge in [0.15, 0.2) is 0 Å². The monoisotopic (exact) mass is 309 g/mol. The summed E-state index contributed by atoms with van der Waals surface area (Å²) in [4.78, 5) is 12.3. The lowest BCUT2D eigenvalue weighted by molar-refractivity contribution is 0.150. The molecule has 1 amide bonds. The molecule has 1 N–H and O–H groups in total. The van der Waals surface area contributed by atoms with E-state index < -0.39 is 6.09 Å². The quantitative estimate of drug-likeness (QED) is 0.450. The molecule has 5 heteroatoms. The number of carbonyl (C=O) groups excluding carboxylic acids is 1. The average Bonchev–Trinajstić information content (AvgIpc) is 2.45. The zero-order valence-electron chi connectivity index (χ0n) is 12.8. The van der Waals surface area contributed by atoms with Gasteiger partial charge < -0.3 is 14.8 Å². The van der Waals surface area contributed by atoms with Crippen LogP contribution in [0.4, 0.5) is 4.79 Å². The van der Waals surface area contributed by atoms with Crippen LogP contribution >= 0.6 is 11.8 Å². The van der Waals surface area contributed by atoms with Crippen molar-refractivity contribution in [3.63, 3.8) is 0 Å². The lowest BCUT2D eigenvalue weighted by atomic mass is 10.3. The van der Waals surface area contributed by atoms with Crippen LogP contribution in [-0.4, -0.2) is 31.6 Å². The molecule has 0 fully saturated rings. The minimum atomic E-state index is -0.410. The van der Waals surface area contributed by atoms with Crippen LogP contribution in [0, 0.1) is 0 Å². The lowest BCUT2D eigenvalue weighted by Gasteiger charge is -2.08. The molecule has 0 radical (unpaired) electrons. The third-order valence-electron chi connectivity index (χ3n) is 2.48. The molecule has 0 saturated carbocycles. The molecule has 1 aromatic rings. The molecule has 0 heterocycles. The molecule has 0 aromatic heterocycles. The highest BCUT2D eigenvalue weighted by Gasteiger charge is 1.99. The first-order valence-corrected chi connectivity index (χ1v) is 8.00. The number of alkyl carbamates (subject to hydrolysis) is 1. The van der Waals surface area contributed by atoms with Crippen LogP contribution in [0.3, 0.4) is 0 Å². The van der Waals surface area contributed by atoms with Crippen LogP contribution in [0.25, 0.3) is 0 Å². The van der Waals surface area contributed by atoms with Crippen LogP contribution in [0.15, 0.2) is 40.8 Å². The number of amides is 1. The predicted molar refractivity (Wildman–Crippen MR) is 87.1 cm³/mol. The second-order valence-electron chi connectivity index (χ2n) is 4.56. The Kier molecular flexibility index (Phi) is 8.43. The molecule has 0 saturated heterocycles. The van der Waals surface area contributed by atoms with E-state index in [1.807, 2.05) is 24.3 Å². The molecule has 0 aliphatic rings. The molecule has 0 aliphatic carbocycles. The first-order chi connectivity index (χ1) is 10.1. The number of hydrogen-bond donors (Lipinski definition) is 1. The van der Waals surface area contributed by atoms with E-state index in [1.54, 1.807) is 18.7 Å². The predicted octanol–water partition coefficient (Wildman–Crippen LogP) is 3.87. The summed E-state index contributed by atoms with van der Waals surface area (Å²) in [6.07, 6.45) is 1.79. The largest absolute Gasteiger partial charge is 0.492 e. The third-order valence-corrected chi connectivity index (χ3v) is 3.42. The summed E-state index contributed by atoms with van der Waals surface area (Å²) in [7, 11) is 0. The van der Waals surface area contributed by atoms with Crippen molar-refractivity contribution in [3.05, 3.63) is 35.9 Å². The molecule has 0 unspecified atom stereocenters. The molecule has 0 atom stereocenters. The molecule has 0 bridgehead atoms. The topological polar surface area (TPSA) is 47.6 Å². The smallest absolute Gasteiger partial charge is 0.407 e. The van der Waals surface area contributed by atoms with Crippen molar-refractivity contribution >= 4 is 17.9 Å². The molecule has 4 nitrogen and oxygen atoms in total. The fourth-order valence-electron chi connectivity index (χ4n) is 1.44. The summed E-state index contributed by atoms with van der Waals surface area (Å²) in [5, 5.41) is 2.61. The summed E-state index contributed by atoms with van der Waals surface area (Å²) in [5.41, 5.74) is 1.33. The Balaban J connectivity index is 2.25. The van der Waals surface area contributed by atoms with Gasteiger partial charge in [0.05, 0.1) is 13.2 Å². The van der Waals surface area contributed by atoms with Crippen molar-refractivity contribution in [2.24, 2.45) is 0 Å². The molecule has 1 rings (SSSR count). The van der Waals surface area contributed by atoms with Gasteiger partial charge in [0.2, 0.25) is 0 Å². The maximum Gasteiger partial charge on any atom is 0.407 e. The van der Waals surface area contributed by atoms with Gasteiger partial charge in [-0.1, -0.05) is 11.6 Å². The molecule has 21 heavy (non-hydrogen) atoms. The molecule has 116 valence electrons. The van der Waals surface area contributed by atoms with Crippen molar-refractivity contribution < 1.29 is 14.3 Å². The zero-order valence-corrected chi connectivity index (χ0v) is 13.7. The zero-order chi connectivity index (χ0) is 15.5. The second-order valence-corrected chi connectivity index (χ2v) is 5.65. The molecule has 0 spiro atoms. The van der Waals surface area contributed by atoms with E-state index in [1.165, 1.54) is 10.5 Å². The minimum Gasteiger partial charge on any atom is -0.492 e. The number of ether oxygens (including phenoxy) is 2. The third kappa shape index (κ3) is 8.30. The Morgan fingerprint density at radius 2 is 2.00 bits per heavy atom. The van der Waals surface area contributed by atoms with Crippen molar-refractivity contribution in [1.82, 2.24) is 5.32 Å². The fraction of sp³-hybridized carbons (Fsp3) is 0.438. The number of rotatable bonds is 8. The van der Waals surface area contributed by atoms with Crippen LogP contribution in [-0.2, 0) is 4.74 Å². The van der Waals surface area contributed by atoms with Gasteiger partial charge in [0.1, 0.15) is 12.4 Å². The lowest BCUT2D eigenvalue weighted by Crippen LogP contribution is -2.28. The van der Waals surface area contributed by atoms with Crippen molar-refractivity contribution in [1.29, 1.82) is 0 Å². The van der Waals surface area contributed by atoms with E-state index in [-0.39, 0.29) is 0 Å². The Hall–Kier alpha value is -1.62. The fourth-order valence-corrected chi connectivity index (χ4v) is 2.38. The number of allylic oxidation sites excluding steroid dienone is 1. The first kappa shape index (κ1) is 17.4. The summed E-state index contributed by atoms with van der Waals surface area (Å²) in [6, 6.07) is 7.96. The Morgan fingerprint density at radius 1 is 1.29 bits per heavy atom. The van der Waals surface area contributed by atoms with E-state index in [9.17, 15) is 4.79 Å². The van der Waals surface area contributed by atoms with Crippen LogP contribution in [0.1, 0.15) is 20.8 Å². The number of thioether (sulfide) groups is 1. The van der Waals surface area contributed by atoms with Gasteiger partial charge in [-0.15, -0.1) is 11.8 Å². The van der Waals surface area contributed by atoms with Gasteiger partial charge in [0.25, 0.3) is 0 Å². The van der Waals surface area contributed by atoms with E-state index in [0.717, 1.165) is 11.5 Å². The van der Waals surface area contributed by atoms with E-state index in [2.05, 4.69) is 25.2 Å². The van der Waals surface area contributed by atoms with Crippen LogP contribution in [0.2, 0.25) is 0 Å². The molecule has 1 aromatic carbocycles. The Morgan fingerprint density at radius 3 is 2.62 bits per heavy atom. The summed E-state index contributed by atoms with van der Waals surface area (Å²) >= 11 is 1.79. The standard InChI is InChI=1S/C16H23NO3S/c1-4-19-16(18)17-10-11-20-14-5-7-15(8-6-14)21-12-9-13(2)3/h5-9H,4,10-12H2,1-3H3,(H,17,18). The number of benzene rings is 1. The summed E-state index contributed by atoms with van der Waals surface area (Å²) in [6.45, 7) is 7.19. The summed E-state index contributed by atoms with van der Waals surface area (Å²) < 4.78 is 10.3. The average molecular weight is 309 g/mol. The highest BCUT2D eigenvalue weighted by Crippen LogP contribution is 2.21. The maximum atomic E-state index is 11.1. The second kappa shape index (κ2) is 10.2. The Bertz CT molecular complexity index is 453. The molecular formula is C16H23NO3S. The van der Waals surface area contributed by atoms with Gasteiger partial charge in [0, 0.05) is 10.6 Å². The number of nitrogens with one attached hydrogen (secondary N) is 1. The van der Waals surface area contributed by atoms with Crippen molar-refractivity contribution in [2.75, 3.05) is 25.5 Å². The van der Waals surface area contributed by atoms with E-state index in [4.69, 9.17) is 9.47 Å².